The molecule has 1 heterocycles. The van der Waals surface area contributed by atoms with E-state index in [-0.39, 0.29) is 12.1 Å². The number of hydrogen-bond acceptors (Lipinski definition) is 4. The van der Waals surface area contributed by atoms with E-state index < -0.39 is 5.60 Å². The summed E-state index contributed by atoms with van der Waals surface area (Å²) in [4.78, 5) is 13.6. The van der Waals surface area contributed by atoms with E-state index in [2.05, 4.69) is 5.32 Å². The Hall–Kier alpha value is -0.810. The Morgan fingerprint density at radius 2 is 2.06 bits per heavy atom. The molecule has 0 aromatic heterocycles. The molecule has 2 atom stereocenters. The van der Waals surface area contributed by atoms with Crippen molar-refractivity contribution in [1.29, 1.82) is 0 Å². The first-order valence-electron chi connectivity index (χ1n) is 6.00. The van der Waals surface area contributed by atoms with Crippen LogP contribution in [0.15, 0.2) is 0 Å². The van der Waals surface area contributed by atoms with Gasteiger partial charge in [0.2, 0.25) is 0 Å². The zero-order chi connectivity index (χ0) is 13.1. The van der Waals surface area contributed by atoms with Crippen molar-refractivity contribution in [3.05, 3.63) is 0 Å². The third-order valence-corrected chi connectivity index (χ3v) is 2.86. The maximum atomic E-state index is 11.9. The molecule has 1 rings (SSSR count). The van der Waals surface area contributed by atoms with Gasteiger partial charge in [-0.2, -0.15) is 0 Å². The predicted molar refractivity (Wildman–Crippen MR) is 66.0 cm³/mol. The van der Waals surface area contributed by atoms with Gasteiger partial charge in [-0.05, 0) is 20.8 Å². The number of carbonyl (C=O) groups excluding carboxylic acids is 1. The largest absolute Gasteiger partial charge is 0.444 e. The van der Waals surface area contributed by atoms with Crippen molar-refractivity contribution in [3.63, 3.8) is 0 Å². The first-order chi connectivity index (χ1) is 7.85. The van der Waals surface area contributed by atoms with E-state index in [0.29, 0.717) is 12.5 Å². The Balaban J connectivity index is 2.56. The van der Waals surface area contributed by atoms with Crippen LogP contribution in [0.5, 0.6) is 0 Å². The lowest BCUT2D eigenvalue weighted by molar-refractivity contribution is 0.0161. The number of likely N-dealkylation sites (N-methyl/N-ethyl adjacent to an activating group) is 1. The van der Waals surface area contributed by atoms with Crippen molar-refractivity contribution in [2.75, 3.05) is 33.9 Å². The lowest BCUT2D eigenvalue weighted by Gasteiger charge is -2.31. The van der Waals surface area contributed by atoms with E-state index in [0.717, 1.165) is 13.1 Å². The molecule has 0 aromatic carbocycles. The molecule has 5 nitrogen and oxygen atoms in total. The molecule has 0 radical (unpaired) electrons. The molecule has 1 N–H and O–H groups in total. The van der Waals surface area contributed by atoms with E-state index in [4.69, 9.17) is 9.47 Å². The zero-order valence-corrected chi connectivity index (χ0v) is 11.4. The van der Waals surface area contributed by atoms with Crippen LogP contribution in [0.1, 0.15) is 20.8 Å². The second-order valence-corrected chi connectivity index (χ2v) is 5.53. The fraction of sp³-hybridized carbons (Fsp3) is 0.917. The SMILES string of the molecule is COC[C@@H]1CNC[C@H]1N(C)C(=O)OC(C)(C)C. The van der Waals surface area contributed by atoms with Gasteiger partial charge in [0, 0.05) is 33.2 Å². The van der Waals surface area contributed by atoms with Gasteiger partial charge in [-0.1, -0.05) is 0 Å². The third-order valence-electron chi connectivity index (χ3n) is 2.86. The Labute approximate surface area is 103 Å². The fourth-order valence-corrected chi connectivity index (χ4v) is 2.03. The van der Waals surface area contributed by atoms with Gasteiger partial charge in [-0.25, -0.2) is 4.79 Å². The minimum Gasteiger partial charge on any atom is -0.444 e. The summed E-state index contributed by atoms with van der Waals surface area (Å²) in [6, 6.07) is 0.143. The van der Waals surface area contributed by atoms with Gasteiger partial charge in [0.25, 0.3) is 0 Å². The highest BCUT2D eigenvalue weighted by Gasteiger charge is 2.34. The molecular formula is C12H24N2O3. The lowest BCUT2D eigenvalue weighted by atomic mass is 10.0. The van der Waals surface area contributed by atoms with Crippen LogP contribution in [0, 0.1) is 5.92 Å². The normalized spacial score (nSPS) is 24.8. The summed E-state index contributed by atoms with van der Waals surface area (Å²) >= 11 is 0. The maximum Gasteiger partial charge on any atom is 0.410 e. The summed E-state index contributed by atoms with van der Waals surface area (Å²) in [6.07, 6.45) is -0.271. The van der Waals surface area contributed by atoms with Crippen LogP contribution < -0.4 is 5.32 Å². The highest BCUT2D eigenvalue weighted by Crippen LogP contribution is 2.18. The summed E-state index contributed by atoms with van der Waals surface area (Å²) in [7, 11) is 3.47. The Kier molecular flexibility index (Phi) is 4.77. The minimum absolute atomic E-state index is 0.143. The topological polar surface area (TPSA) is 50.8 Å². The van der Waals surface area contributed by atoms with Gasteiger partial charge in [0.05, 0.1) is 12.6 Å². The van der Waals surface area contributed by atoms with Crippen LogP contribution in [0.25, 0.3) is 0 Å². The number of ether oxygens (including phenoxy) is 2. The molecule has 1 fully saturated rings. The molecule has 0 spiro atoms. The average Bonchev–Trinajstić information content (AvgIpc) is 2.62. The molecule has 0 aromatic rings. The average molecular weight is 244 g/mol. The monoisotopic (exact) mass is 244 g/mol. The van der Waals surface area contributed by atoms with E-state index >= 15 is 0 Å². The molecule has 0 unspecified atom stereocenters. The number of nitrogens with zero attached hydrogens (tertiary/aromatic N) is 1. The zero-order valence-electron chi connectivity index (χ0n) is 11.4. The second kappa shape index (κ2) is 5.69. The van der Waals surface area contributed by atoms with Crippen LogP contribution >= 0.6 is 0 Å². The van der Waals surface area contributed by atoms with Crippen LogP contribution in [0.3, 0.4) is 0 Å². The Morgan fingerprint density at radius 3 is 2.59 bits per heavy atom. The molecule has 0 saturated carbocycles. The van der Waals surface area contributed by atoms with Crippen LogP contribution in [0.2, 0.25) is 0 Å². The maximum absolute atomic E-state index is 11.9. The Bertz CT molecular complexity index is 263. The van der Waals surface area contributed by atoms with Crippen molar-refractivity contribution in [1.82, 2.24) is 10.2 Å². The van der Waals surface area contributed by atoms with Crippen molar-refractivity contribution in [2.45, 2.75) is 32.4 Å². The summed E-state index contributed by atoms with van der Waals surface area (Å²) in [5.74, 6) is 0.331. The Morgan fingerprint density at radius 1 is 1.41 bits per heavy atom. The standard InChI is InChI=1S/C12H24N2O3/c1-12(2,3)17-11(15)14(4)10-7-13-6-9(10)8-16-5/h9-10,13H,6-8H2,1-5H3/t9-,10+/m0/s1. The quantitative estimate of drug-likeness (QED) is 0.807. The number of carbonyl (C=O) groups is 1. The molecule has 1 saturated heterocycles. The van der Waals surface area contributed by atoms with E-state index in [1.807, 2.05) is 20.8 Å². The molecule has 17 heavy (non-hydrogen) atoms. The highest BCUT2D eigenvalue weighted by molar-refractivity contribution is 5.68. The second-order valence-electron chi connectivity index (χ2n) is 5.53. The summed E-state index contributed by atoms with van der Waals surface area (Å²) in [5.41, 5.74) is -0.450. The van der Waals surface area contributed by atoms with Crippen LogP contribution in [-0.4, -0.2) is 56.5 Å². The minimum atomic E-state index is -0.450. The third kappa shape index (κ3) is 4.16. The number of methoxy groups -OCH3 is 1. The molecule has 0 aliphatic carbocycles. The van der Waals surface area contributed by atoms with Crippen molar-refractivity contribution >= 4 is 6.09 Å². The lowest BCUT2D eigenvalue weighted by Crippen LogP contribution is -2.45. The first-order valence-corrected chi connectivity index (χ1v) is 6.00. The smallest absolute Gasteiger partial charge is 0.410 e. The molecule has 1 aliphatic heterocycles. The van der Waals surface area contributed by atoms with Gasteiger partial charge in [-0.15, -0.1) is 0 Å². The van der Waals surface area contributed by atoms with E-state index in [1.54, 1.807) is 19.1 Å². The molecular weight excluding hydrogens is 220 g/mol. The van der Waals surface area contributed by atoms with Gasteiger partial charge >= 0.3 is 6.09 Å². The molecule has 100 valence electrons. The van der Waals surface area contributed by atoms with Crippen LogP contribution in [0.4, 0.5) is 4.79 Å². The first kappa shape index (κ1) is 14.3. The number of rotatable bonds is 3. The highest BCUT2D eigenvalue weighted by atomic mass is 16.6. The van der Waals surface area contributed by atoms with Crippen molar-refractivity contribution in [2.24, 2.45) is 5.92 Å². The number of amides is 1. The van der Waals surface area contributed by atoms with Crippen molar-refractivity contribution in [3.8, 4) is 0 Å². The summed E-state index contributed by atoms with van der Waals surface area (Å²) in [5, 5.41) is 3.28. The molecule has 5 heteroatoms. The van der Waals surface area contributed by atoms with Gasteiger partial charge < -0.3 is 19.7 Å². The molecule has 1 amide bonds. The van der Waals surface area contributed by atoms with Gasteiger partial charge in [0.15, 0.2) is 0 Å². The number of hydrogen-bond donors (Lipinski definition) is 1. The van der Waals surface area contributed by atoms with Gasteiger partial charge in [0.1, 0.15) is 5.60 Å². The molecule has 1 aliphatic rings. The van der Waals surface area contributed by atoms with Crippen LogP contribution in [-0.2, 0) is 9.47 Å². The number of nitrogens with one attached hydrogen (secondary N) is 1. The fourth-order valence-electron chi connectivity index (χ4n) is 2.03. The predicted octanol–water partition coefficient (Wildman–Crippen LogP) is 1.09. The molecule has 0 bridgehead atoms. The van der Waals surface area contributed by atoms with E-state index in [1.165, 1.54) is 0 Å². The van der Waals surface area contributed by atoms with Crippen molar-refractivity contribution < 1.29 is 14.3 Å². The van der Waals surface area contributed by atoms with E-state index in [9.17, 15) is 4.79 Å². The summed E-state index contributed by atoms with van der Waals surface area (Å²) < 4.78 is 10.5. The summed E-state index contributed by atoms with van der Waals surface area (Å²) in [6.45, 7) is 7.95. The van der Waals surface area contributed by atoms with Gasteiger partial charge in [-0.3, -0.25) is 0 Å².